The SMILES string of the molecule is CCNC(=NCc1ccc(NC(=O)NC(C)C)cc1)N1CCC(CC(=O)NC)CC1. The summed E-state index contributed by atoms with van der Waals surface area (Å²) < 4.78 is 0. The molecule has 0 atom stereocenters. The Kier molecular flexibility index (Phi) is 9.44. The Balaban J connectivity index is 1.90. The van der Waals surface area contributed by atoms with Gasteiger partial charge in [-0.05, 0) is 57.2 Å². The van der Waals surface area contributed by atoms with Crippen molar-refractivity contribution in [2.24, 2.45) is 10.9 Å². The summed E-state index contributed by atoms with van der Waals surface area (Å²) in [6.07, 6.45) is 2.60. The van der Waals surface area contributed by atoms with E-state index in [0.29, 0.717) is 18.9 Å². The van der Waals surface area contributed by atoms with Crippen molar-refractivity contribution in [3.05, 3.63) is 29.8 Å². The third-order valence-electron chi connectivity index (χ3n) is 5.04. The number of guanidine groups is 1. The first-order valence-corrected chi connectivity index (χ1v) is 10.8. The van der Waals surface area contributed by atoms with Crippen LogP contribution in [0.15, 0.2) is 29.3 Å². The summed E-state index contributed by atoms with van der Waals surface area (Å²) in [4.78, 5) is 30.5. The fraction of sp³-hybridized carbons (Fsp3) is 0.591. The Hall–Kier alpha value is -2.77. The van der Waals surface area contributed by atoms with Gasteiger partial charge in [-0.25, -0.2) is 9.79 Å². The minimum absolute atomic E-state index is 0.0944. The fourth-order valence-electron chi connectivity index (χ4n) is 3.43. The second-order valence-electron chi connectivity index (χ2n) is 7.93. The van der Waals surface area contributed by atoms with Gasteiger partial charge in [-0.15, -0.1) is 0 Å². The van der Waals surface area contributed by atoms with E-state index in [1.807, 2.05) is 38.1 Å². The molecule has 1 fully saturated rings. The Morgan fingerprint density at radius 2 is 1.83 bits per heavy atom. The van der Waals surface area contributed by atoms with Crippen molar-refractivity contribution in [1.82, 2.24) is 20.9 Å². The van der Waals surface area contributed by atoms with Gasteiger partial charge >= 0.3 is 6.03 Å². The molecule has 1 aromatic carbocycles. The molecule has 1 aliphatic rings. The number of carbonyl (C=O) groups is 2. The molecule has 3 amide bonds. The van der Waals surface area contributed by atoms with Crippen LogP contribution in [0, 0.1) is 5.92 Å². The minimum Gasteiger partial charge on any atom is -0.359 e. The summed E-state index contributed by atoms with van der Waals surface area (Å²) in [6, 6.07) is 7.63. The van der Waals surface area contributed by atoms with E-state index in [2.05, 4.69) is 33.1 Å². The summed E-state index contributed by atoms with van der Waals surface area (Å²) in [5, 5.41) is 11.7. The third kappa shape index (κ3) is 7.93. The Bertz CT molecular complexity index is 709. The lowest BCUT2D eigenvalue weighted by Gasteiger charge is -2.34. The number of aliphatic imine (C=N–C) groups is 1. The van der Waals surface area contributed by atoms with Gasteiger partial charge in [0.1, 0.15) is 0 Å². The predicted molar refractivity (Wildman–Crippen MR) is 122 cm³/mol. The molecule has 2 rings (SSSR count). The predicted octanol–water partition coefficient (Wildman–Crippen LogP) is 2.53. The first kappa shape index (κ1) is 23.5. The fourth-order valence-corrected chi connectivity index (χ4v) is 3.43. The normalized spacial score (nSPS) is 15.1. The summed E-state index contributed by atoms with van der Waals surface area (Å²) in [6.45, 7) is 9.10. The van der Waals surface area contributed by atoms with Crippen LogP contribution in [0.3, 0.4) is 0 Å². The number of likely N-dealkylation sites (tertiary alicyclic amines) is 1. The molecule has 166 valence electrons. The van der Waals surface area contributed by atoms with E-state index in [9.17, 15) is 9.59 Å². The summed E-state index contributed by atoms with van der Waals surface area (Å²) in [5.74, 6) is 1.47. The molecule has 1 heterocycles. The van der Waals surface area contributed by atoms with Crippen molar-refractivity contribution < 1.29 is 9.59 Å². The molecule has 0 saturated carbocycles. The zero-order chi connectivity index (χ0) is 21.9. The second-order valence-corrected chi connectivity index (χ2v) is 7.93. The van der Waals surface area contributed by atoms with Gasteiger partial charge in [-0.3, -0.25) is 4.79 Å². The highest BCUT2D eigenvalue weighted by Gasteiger charge is 2.23. The number of hydrogen-bond donors (Lipinski definition) is 4. The highest BCUT2D eigenvalue weighted by Crippen LogP contribution is 2.20. The summed E-state index contributed by atoms with van der Waals surface area (Å²) in [5.41, 5.74) is 1.83. The van der Waals surface area contributed by atoms with Crippen LogP contribution in [-0.2, 0) is 11.3 Å². The number of rotatable bonds is 7. The number of benzene rings is 1. The number of carbonyl (C=O) groups excluding carboxylic acids is 2. The quantitative estimate of drug-likeness (QED) is 0.406. The van der Waals surface area contributed by atoms with Gasteiger partial charge in [-0.1, -0.05) is 12.1 Å². The number of hydrogen-bond acceptors (Lipinski definition) is 3. The molecular formula is C22H36N6O2. The molecule has 1 aliphatic heterocycles. The first-order chi connectivity index (χ1) is 14.4. The van der Waals surface area contributed by atoms with Crippen LogP contribution in [0.2, 0.25) is 0 Å². The van der Waals surface area contributed by atoms with Crippen molar-refractivity contribution in [1.29, 1.82) is 0 Å². The number of urea groups is 1. The Labute approximate surface area is 179 Å². The van der Waals surface area contributed by atoms with E-state index in [4.69, 9.17) is 4.99 Å². The van der Waals surface area contributed by atoms with Crippen molar-refractivity contribution in [3.8, 4) is 0 Å². The molecule has 0 radical (unpaired) electrons. The first-order valence-electron chi connectivity index (χ1n) is 10.8. The van der Waals surface area contributed by atoms with Crippen molar-refractivity contribution in [3.63, 3.8) is 0 Å². The van der Waals surface area contributed by atoms with Crippen LogP contribution in [0.5, 0.6) is 0 Å². The number of anilines is 1. The molecule has 0 bridgehead atoms. The number of piperidine rings is 1. The molecule has 1 aromatic rings. The van der Waals surface area contributed by atoms with Gasteiger partial charge in [0.15, 0.2) is 5.96 Å². The molecular weight excluding hydrogens is 380 g/mol. The van der Waals surface area contributed by atoms with Crippen LogP contribution in [0.25, 0.3) is 0 Å². The van der Waals surface area contributed by atoms with E-state index >= 15 is 0 Å². The zero-order valence-electron chi connectivity index (χ0n) is 18.6. The van der Waals surface area contributed by atoms with E-state index < -0.39 is 0 Å². The van der Waals surface area contributed by atoms with Gasteiger partial charge in [0.2, 0.25) is 5.91 Å². The van der Waals surface area contributed by atoms with Gasteiger partial charge < -0.3 is 26.2 Å². The molecule has 1 saturated heterocycles. The van der Waals surface area contributed by atoms with Crippen molar-refractivity contribution >= 4 is 23.6 Å². The van der Waals surface area contributed by atoms with Crippen molar-refractivity contribution in [2.45, 2.75) is 52.6 Å². The maximum atomic E-state index is 11.8. The molecule has 30 heavy (non-hydrogen) atoms. The topological polar surface area (TPSA) is 97.9 Å². The van der Waals surface area contributed by atoms with E-state index in [1.165, 1.54) is 0 Å². The van der Waals surface area contributed by atoms with Crippen LogP contribution in [0.4, 0.5) is 10.5 Å². The van der Waals surface area contributed by atoms with E-state index in [0.717, 1.165) is 49.7 Å². The highest BCUT2D eigenvalue weighted by molar-refractivity contribution is 5.89. The monoisotopic (exact) mass is 416 g/mol. The molecule has 8 heteroatoms. The van der Waals surface area contributed by atoms with Gasteiger partial charge in [0, 0.05) is 44.8 Å². The van der Waals surface area contributed by atoms with Crippen molar-refractivity contribution in [2.75, 3.05) is 32.0 Å². The summed E-state index contributed by atoms with van der Waals surface area (Å²) >= 11 is 0. The smallest absolute Gasteiger partial charge is 0.319 e. The molecule has 0 unspecified atom stereocenters. The van der Waals surface area contributed by atoms with Crippen LogP contribution >= 0.6 is 0 Å². The van der Waals surface area contributed by atoms with Gasteiger partial charge in [0.05, 0.1) is 6.54 Å². The molecule has 0 aromatic heterocycles. The Morgan fingerprint density at radius 1 is 1.17 bits per heavy atom. The summed E-state index contributed by atoms with van der Waals surface area (Å²) in [7, 11) is 1.69. The van der Waals surface area contributed by atoms with Gasteiger partial charge in [-0.2, -0.15) is 0 Å². The zero-order valence-corrected chi connectivity index (χ0v) is 18.6. The van der Waals surface area contributed by atoms with E-state index in [1.54, 1.807) is 7.05 Å². The molecule has 8 nitrogen and oxygen atoms in total. The Morgan fingerprint density at radius 3 is 2.40 bits per heavy atom. The van der Waals surface area contributed by atoms with Crippen LogP contribution < -0.4 is 21.3 Å². The van der Waals surface area contributed by atoms with Crippen LogP contribution in [0.1, 0.15) is 45.6 Å². The lowest BCUT2D eigenvalue weighted by Crippen LogP contribution is -2.46. The number of amides is 3. The third-order valence-corrected chi connectivity index (χ3v) is 5.04. The van der Waals surface area contributed by atoms with Crippen LogP contribution in [-0.4, -0.2) is 55.5 Å². The maximum absolute atomic E-state index is 11.8. The molecule has 4 N–H and O–H groups in total. The highest BCUT2D eigenvalue weighted by atomic mass is 16.2. The maximum Gasteiger partial charge on any atom is 0.319 e. The minimum atomic E-state index is -0.204. The largest absolute Gasteiger partial charge is 0.359 e. The average molecular weight is 417 g/mol. The molecule has 0 spiro atoms. The molecule has 0 aliphatic carbocycles. The second kappa shape index (κ2) is 12.0. The lowest BCUT2D eigenvalue weighted by molar-refractivity contribution is -0.121. The standard InChI is InChI=1S/C22H36N6O2/c1-5-24-21(28-12-10-17(11-13-28)14-20(29)23-4)25-15-18-6-8-19(9-7-18)27-22(30)26-16(2)3/h6-9,16-17H,5,10-15H2,1-4H3,(H,23,29)(H,24,25)(H2,26,27,30). The lowest BCUT2D eigenvalue weighted by atomic mass is 9.93. The number of nitrogens with zero attached hydrogens (tertiary/aromatic N) is 2. The van der Waals surface area contributed by atoms with E-state index in [-0.39, 0.29) is 18.0 Å². The number of nitrogens with one attached hydrogen (secondary N) is 4. The average Bonchev–Trinajstić information content (AvgIpc) is 2.72. The van der Waals surface area contributed by atoms with Gasteiger partial charge in [0.25, 0.3) is 0 Å².